The van der Waals surface area contributed by atoms with Gasteiger partial charge in [0.2, 0.25) is 16.0 Å². The molecule has 0 saturated carbocycles. The predicted octanol–water partition coefficient (Wildman–Crippen LogP) is 0.862. The minimum absolute atomic E-state index is 0.117. The fraction of sp³-hybridized carbons (Fsp3) is 0.714. The van der Waals surface area contributed by atoms with Crippen molar-refractivity contribution < 1.29 is 13.2 Å². The zero-order valence-corrected chi connectivity index (χ0v) is 13.6. The van der Waals surface area contributed by atoms with Gasteiger partial charge in [-0.2, -0.15) is 4.31 Å². The highest BCUT2D eigenvalue weighted by atomic mass is 32.2. The first-order chi connectivity index (χ1) is 10.5. The van der Waals surface area contributed by atoms with Crippen LogP contribution >= 0.6 is 0 Å². The number of anilines is 1. The summed E-state index contributed by atoms with van der Waals surface area (Å²) in [7, 11) is -3.15. The Kier molecular flexibility index (Phi) is 4.33. The molecular weight excluding hydrogens is 304 g/mol. The molecular formula is C14H22N4O3S. The van der Waals surface area contributed by atoms with Crippen LogP contribution in [0.1, 0.15) is 26.2 Å². The van der Waals surface area contributed by atoms with E-state index in [0.717, 1.165) is 19.3 Å². The van der Waals surface area contributed by atoms with Crippen LogP contribution in [0.15, 0.2) is 18.5 Å². The molecule has 22 heavy (non-hydrogen) atoms. The van der Waals surface area contributed by atoms with Gasteiger partial charge in [-0.1, -0.05) is 0 Å². The van der Waals surface area contributed by atoms with Crippen molar-refractivity contribution in [1.82, 2.24) is 14.3 Å². The maximum Gasteiger partial charge on any atom is 0.222 e. The number of nitrogens with one attached hydrogen (secondary N) is 1. The first kappa shape index (κ1) is 15.6. The van der Waals surface area contributed by atoms with E-state index < -0.39 is 10.0 Å². The average Bonchev–Trinajstić information content (AvgIpc) is 2.90. The van der Waals surface area contributed by atoms with Crippen molar-refractivity contribution in [3.05, 3.63) is 18.5 Å². The van der Waals surface area contributed by atoms with Crippen LogP contribution < -0.4 is 5.32 Å². The van der Waals surface area contributed by atoms with Crippen LogP contribution in [0, 0.1) is 0 Å². The summed E-state index contributed by atoms with van der Waals surface area (Å²) < 4.78 is 31.8. The largest absolute Gasteiger partial charge is 0.371 e. The van der Waals surface area contributed by atoms with E-state index in [4.69, 9.17) is 4.74 Å². The Labute approximate surface area is 131 Å². The van der Waals surface area contributed by atoms with E-state index in [-0.39, 0.29) is 17.4 Å². The smallest absolute Gasteiger partial charge is 0.222 e. The molecule has 0 aromatic carbocycles. The van der Waals surface area contributed by atoms with Crippen LogP contribution in [0.4, 0.5) is 5.95 Å². The number of hydrogen-bond acceptors (Lipinski definition) is 6. The standard InChI is InChI=1S/C14H22N4O3S/c1-2-22(19,20)18-8-3-5-14(11-18)9-12(10-21-14)17-13-15-6-4-7-16-13/h4,6-7,12H,2-3,5,8-11H2,1H3,(H,15,16,17)/t12-,14-/m0/s1. The summed E-state index contributed by atoms with van der Waals surface area (Å²) in [5.74, 6) is 0.727. The number of piperidine rings is 1. The molecule has 8 heteroatoms. The summed E-state index contributed by atoms with van der Waals surface area (Å²) >= 11 is 0. The van der Waals surface area contributed by atoms with Crippen molar-refractivity contribution in [2.24, 2.45) is 0 Å². The summed E-state index contributed by atoms with van der Waals surface area (Å²) in [5, 5.41) is 3.26. The molecule has 0 amide bonds. The maximum atomic E-state index is 12.1. The lowest BCUT2D eigenvalue weighted by Gasteiger charge is -2.38. The molecule has 2 atom stereocenters. The molecule has 1 aromatic rings. The second-order valence-electron chi connectivity index (χ2n) is 5.95. The van der Waals surface area contributed by atoms with E-state index in [0.29, 0.717) is 25.6 Å². The van der Waals surface area contributed by atoms with Gasteiger partial charge in [0, 0.05) is 31.9 Å². The number of nitrogens with zero attached hydrogens (tertiary/aromatic N) is 3. The molecule has 1 N–H and O–H groups in total. The lowest BCUT2D eigenvalue weighted by Crippen LogP contribution is -2.50. The zero-order chi connectivity index (χ0) is 15.6. The lowest BCUT2D eigenvalue weighted by molar-refractivity contribution is -0.0329. The number of hydrogen-bond donors (Lipinski definition) is 1. The Hall–Kier alpha value is -1.25. The van der Waals surface area contributed by atoms with Crippen molar-refractivity contribution in [3.63, 3.8) is 0 Å². The van der Waals surface area contributed by atoms with Crippen LogP contribution in [0.3, 0.4) is 0 Å². The lowest BCUT2D eigenvalue weighted by atomic mass is 9.90. The van der Waals surface area contributed by atoms with Gasteiger partial charge in [-0.25, -0.2) is 18.4 Å². The average molecular weight is 326 g/mol. The zero-order valence-electron chi connectivity index (χ0n) is 12.7. The van der Waals surface area contributed by atoms with E-state index in [1.54, 1.807) is 29.7 Å². The molecule has 2 saturated heterocycles. The summed E-state index contributed by atoms with van der Waals surface area (Å²) in [5.41, 5.74) is -0.368. The predicted molar refractivity (Wildman–Crippen MR) is 83.0 cm³/mol. The molecule has 1 aromatic heterocycles. The fourth-order valence-corrected chi connectivity index (χ4v) is 4.46. The Morgan fingerprint density at radius 2 is 2.23 bits per heavy atom. The van der Waals surface area contributed by atoms with E-state index in [1.165, 1.54) is 0 Å². The molecule has 3 heterocycles. The highest BCUT2D eigenvalue weighted by Gasteiger charge is 2.45. The van der Waals surface area contributed by atoms with Crippen molar-refractivity contribution >= 4 is 16.0 Å². The number of rotatable bonds is 4. The summed E-state index contributed by atoms with van der Waals surface area (Å²) in [6, 6.07) is 1.89. The Morgan fingerprint density at radius 3 is 2.95 bits per heavy atom. The number of ether oxygens (including phenoxy) is 1. The van der Waals surface area contributed by atoms with Crippen molar-refractivity contribution in [3.8, 4) is 0 Å². The molecule has 0 bridgehead atoms. The number of sulfonamides is 1. The second-order valence-corrected chi connectivity index (χ2v) is 8.21. The van der Waals surface area contributed by atoms with Crippen molar-refractivity contribution in [2.75, 3.05) is 30.8 Å². The second kappa shape index (κ2) is 6.10. The first-order valence-corrected chi connectivity index (χ1v) is 9.29. The van der Waals surface area contributed by atoms with Crippen molar-refractivity contribution in [2.45, 2.75) is 37.8 Å². The Morgan fingerprint density at radius 1 is 1.45 bits per heavy atom. The maximum absolute atomic E-state index is 12.1. The van der Waals surface area contributed by atoms with Gasteiger partial charge in [-0.3, -0.25) is 0 Å². The molecule has 2 fully saturated rings. The van der Waals surface area contributed by atoms with Gasteiger partial charge in [0.15, 0.2) is 0 Å². The molecule has 3 rings (SSSR count). The third-order valence-electron chi connectivity index (χ3n) is 4.37. The van der Waals surface area contributed by atoms with Gasteiger partial charge in [0.1, 0.15) is 0 Å². The minimum atomic E-state index is -3.15. The highest BCUT2D eigenvalue weighted by Crippen LogP contribution is 2.36. The Balaban J connectivity index is 1.65. The van der Waals surface area contributed by atoms with Gasteiger partial charge in [0.05, 0.1) is 24.0 Å². The third-order valence-corrected chi connectivity index (χ3v) is 6.20. The topological polar surface area (TPSA) is 84.4 Å². The van der Waals surface area contributed by atoms with E-state index in [9.17, 15) is 8.42 Å². The summed E-state index contributed by atoms with van der Waals surface area (Å²) in [4.78, 5) is 8.32. The van der Waals surface area contributed by atoms with Crippen molar-refractivity contribution in [1.29, 1.82) is 0 Å². The van der Waals surface area contributed by atoms with Crippen LogP contribution in [0.25, 0.3) is 0 Å². The first-order valence-electron chi connectivity index (χ1n) is 7.68. The van der Waals surface area contributed by atoms with E-state index in [1.807, 2.05) is 0 Å². The fourth-order valence-electron chi connectivity index (χ4n) is 3.25. The molecule has 7 nitrogen and oxygen atoms in total. The monoisotopic (exact) mass is 326 g/mol. The van der Waals surface area contributed by atoms with Crippen LogP contribution in [-0.2, 0) is 14.8 Å². The Bertz CT molecular complexity index is 610. The van der Waals surface area contributed by atoms with Gasteiger partial charge in [0.25, 0.3) is 0 Å². The van der Waals surface area contributed by atoms with Gasteiger partial charge in [-0.15, -0.1) is 0 Å². The molecule has 122 valence electrons. The quantitative estimate of drug-likeness (QED) is 0.883. The van der Waals surface area contributed by atoms with Crippen LogP contribution in [0.5, 0.6) is 0 Å². The van der Waals surface area contributed by atoms with E-state index >= 15 is 0 Å². The summed E-state index contributed by atoms with van der Waals surface area (Å²) in [6.07, 6.45) is 5.90. The third kappa shape index (κ3) is 3.23. The summed E-state index contributed by atoms with van der Waals surface area (Å²) in [6.45, 7) is 3.29. The molecule has 0 radical (unpaired) electrons. The van der Waals surface area contributed by atoms with Gasteiger partial charge in [-0.05, 0) is 25.8 Å². The highest BCUT2D eigenvalue weighted by molar-refractivity contribution is 7.89. The van der Waals surface area contributed by atoms with Gasteiger partial charge < -0.3 is 10.1 Å². The molecule has 1 spiro atoms. The number of aromatic nitrogens is 2. The minimum Gasteiger partial charge on any atom is -0.371 e. The SMILES string of the molecule is CCS(=O)(=O)N1CCC[C@]2(C[C@H](Nc3ncccn3)CO2)C1. The van der Waals surface area contributed by atoms with Crippen LogP contribution in [0.2, 0.25) is 0 Å². The molecule has 2 aliphatic rings. The normalized spacial score (nSPS) is 29.8. The molecule has 0 aliphatic carbocycles. The van der Waals surface area contributed by atoms with E-state index in [2.05, 4.69) is 15.3 Å². The molecule has 0 unspecified atom stereocenters. The van der Waals surface area contributed by atoms with Crippen LogP contribution in [-0.4, -0.2) is 59.8 Å². The molecule has 2 aliphatic heterocycles. The van der Waals surface area contributed by atoms with Gasteiger partial charge >= 0.3 is 0 Å².